The van der Waals surface area contributed by atoms with Crippen LogP contribution in [0.2, 0.25) is 0 Å². The van der Waals surface area contributed by atoms with E-state index in [4.69, 9.17) is 4.74 Å². The Labute approximate surface area is 149 Å². The molecule has 0 aliphatic heterocycles. The maximum absolute atomic E-state index is 12.2. The third-order valence-corrected chi connectivity index (χ3v) is 4.83. The van der Waals surface area contributed by atoms with Crippen molar-refractivity contribution in [2.75, 3.05) is 32.1 Å². The zero-order chi connectivity index (χ0) is 18.3. The molecule has 0 aromatic heterocycles. The van der Waals surface area contributed by atoms with Crippen molar-refractivity contribution in [1.29, 1.82) is 0 Å². The van der Waals surface area contributed by atoms with Crippen LogP contribution in [0.4, 0.5) is 5.69 Å². The third-order valence-electron chi connectivity index (χ3n) is 3.41. The van der Waals surface area contributed by atoms with Crippen LogP contribution < -0.4 is 14.4 Å². The molecule has 0 heterocycles. The summed E-state index contributed by atoms with van der Waals surface area (Å²) in [7, 11) is 0.358. The third kappa shape index (κ3) is 5.52. The van der Waals surface area contributed by atoms with Crippen LogP contribution in [-0.2, 0) is 10.0 Å². The van der Waals surface area contributed by atoms with Gasteiger partial charge in [0.2, 0.25) is 10.0 Å². The van der Waals surface area contributed by atoms with Gasteiger partial charge in [-0.3, -0.25) is 0 Å². The Bertz CT molecular complexity index is 846. The molecule has 0 atom stereocenters. The minimum Gasteiger partial charge on any atom is -0.494 e. The normalized spacial score (nSPS) is 10.7. The maximum Gasteiger partial charge on any atom is 0.241 e. The van der Waals surface area contributed by atoms with Crippen molar-refractivity contribution in [3.05, 3.63) is 54.1 Å². The van der Waals surface area contributed by atoms with E-state index in [9.17, 15) is 8.42 Å². The summed E-state index contributed by atoms with van der Waals surface area (Å²) >= 11 is 0. The topological polar surface area (TPSA) is 58.6 Å². The standard InChI is InChI=1S/C19H22N2O3S/c1-4-24-18-11-13-19(14-12-18)25(22,23)20-15-5-6-16-7-9-17(10-8-16)21(2)3/h7-14,20H,4,15H2,1-3H3. The molecule has 0 amide bonds. The van der Waals surface area contributed by atoms with E-state index in [2.05, 4.69) is 16.6 Å². The summed E-state index contributed by atoms with van der Waals surface area (Å²) in [5.74, 6) is 6.42. The Hall–Kier alpha value is -2.49. The van der Waals surface area contributed by atoms with Crippen LogP contribution in [0.1, 0.15) is 12.5 Å². The van der Waals surface area contributed by atoms with Gasteiger partial charge in [-0.15, -0.1) is 0 Å². The Morgan fingerprint density at radius 2 is 1.68 bits per heavy atom. The van der Waals surface area contributed by atoms with E-state index in [1.165, 1.54) is 12.1 Å². The van der Waals surface area contributed by atoms with Crippen molar-refractivity contribution >= 4 is 15.7 Å². The zero-order valence-electron chi connectivity index (χ0n) is 14.6. The van der Waals surface area contributed by atoms with Gasteiger partial charge in [-0.05, 0) is 55.5 Å². The van der Waals surface area contributed by atoms with Gasteiger partial charge in [0.25, 0.3) is 0 Å². The fourth-order valence-corrected chi connectivity index (χ4v) is 3.01. The number of hydrogen-bond acceptors (Lipinski definition) is 4. The molecule has 0 unspecified atom stereocenters. The van der Waals surface area contributed by atoms with Crippen LogP contribution in [0.25, 0.3) is 0 Å². The molecule has 0 aliphatic rings. The van der Waals surface area contributed by atoms with Gasteiger partial charge >= 0.3 is 0 Å². The van der Waals surface area contributed by atoms with E-state index in [1.54, 1.807) is 12.1 Å². The second-order valence-electron chi connectivity index (χ2n) is 5.47. The first-order valence-electron chi connectivity index (χ1n) is 7.91. The van der Waals surface area contributed by atoms with Crippen molar-refractivity contribution in [2.24, 2.45) is 0 Å². The maximum atomic E-state index is 12.2. The van der Waals surface area contributed by atoms with Crippen LogP contribution in [0.3, 0.4) is 0 Å². The molecule has 2 rings (SSSR count). The summed E-state index contributed by atoms with van der Waals surface area (Å²) in [5, 5.41) is 0. The molecular formula is C19H22N2O3S. The lowest BCUT2D eigenvalue weighted by atomic mass is 10.2. The predicted molar refractivity (Wildman–Crippen MR) is 100 cm³/mol. The lowest BCUT2D eigenvalue weighted by molar-refractivity contribution is 0.340. The fourth-order valence-electron chi connectivity index (χ4n) is 2.09. The molecule has 2 aromatic carbocycles. The van der Waals surface area contributed by atoms with Gasteiger partial charge in [-0.2, -0.15) is 4.72 Å². The molecule has 2 aromatic rings. The van der Waals surface area contributed by atoms with Crippen LogP contribution in [0.5, 0.6) is 5.75 Å². The molecule has 0 fully saturated rings. The molecule has 132 valence electrons. The monoisotopic (exact) mass is 358 g/mol. The van der Waals surface area contributed by atoms with Gasteiger partial charge in [-0.25, -0.2) is 8.42 Å². The Kier molecular flexibility index (Phi) is 6.45. The summed E-state index contributed by atoms with van der Waals surface area (Å²) in [6, 6.07) is 14.0. The molecular weight excluding hydrogens is 336 g/mol. The number of anilines is 1. The minimum atomic E-state index is -3.58. The number of sulfonamides is 1. The number of benzene rings is 2. The van der Waals surface area contributed by atoms with Crippen LogP contribution in [-0.4, -0.2) is 35.7 Å². The average Bonchev–Trinajstić information content (AvgIpc) is 2.60. The van der Waals surface area contributed by atoms with Crippen LogP contribution in [0, 0.1) is 11.8 Å². The molecule has 1 N–H and O–H groups in total. The molecule has 0 spiro atoms. The molecule has 25 heavy (non-hydrogen) atoms. The highest BCUT2D eigenvalue weighted by atomic mass is 32.2. The number of nitrogens with one attached hydrogen (secondary N) is 1. The fraction of sp³-hybridized carbons (Fsp3) is 0.263. The van der Waals surface area contributed by atoms with E-state index in [1.807, 2.05) is 50.2 Å². The first-order chi connectivity index (χ1) is 11.9. The van der Waals surface area contributed by atoms with Crippen molar-refractivity contribution in [1.82, 2.24) is 4.72 Å². The van der Waals surface area contributed by atoms with Crippen LogP contribution in [0.15, 0.2) is 53.4 Å². The van der Waals surface area contributed by atoms with Gasteiger partial charge in [0.05, 0.1) is 18.0 Å². The van der Waals surface area contributed by atoms with E-state index >= 15 is 0 Å². The molecule has 0 aliphatic carbocycles. The average molecular weight is 358 g/mol. The predicted octanol–water partition coefficient (Wildman–Crippen LogP) is 2.48. The summed E-state index contributed by atoms with van der Waals surface area (Å²) in [6.45, 7) is 2.46. The largest absolute Gasteiger partial charge is 0.494 e. The Balaban J connectivity index is 1.96. The van der Waals surface area contributed by atoms with Gasteiger partial charge in [0.15, 0.2) is 0 Å². The molecule has 6 heteroatoms. The van der Waals surface area contributed by atoms with Gasteiger partial charge < -0.3 is 9.64 Å². The quantitative estimate of drug-likeness (QED) is 0.806. The van der Waals surface area contributed by atoms with E-state index < -0.39 is 10.0 Å². The lowest BCUT2D eigenvalue weighted by Gasteiger charge is -2.11. The first kappa shape index (κ1) is 18.8. The summed E-state index contributed by atoms with van der Waals surface area (Å²) in [6.07, 6.45) is 0. The van der Waals surface area contributed by atoms with Gasteiger partial charge in [0.1, 0.15) is 5.75 Å². The highest BCUT2D eigenvalue weighted by molar-refractivity contribution is 7.89. The smallest absolute Gasteiger partial charge is 0.241 e. The molecule has 0 bridgehead atoms. The van der Waals surface area contributed by atoms with E-state index in [-0.39, 0.29) is 11.4 Å². The van der Waals surface area contributed by atoms with Crippen molar-refractivity contribution in [2.45, 2.75) is 11.8 Å². The molecule has 0 saturated heterocycles. The second-order valence-corrected chi connectivity index (χ2v) is 7.24. The highest BCUT2D eigenvalue weighted by Crippen LogP contribution is 2.15. The number of hydrogen-bond donors (Lipinski definition) is 1. The first-order valence-corrected chi connectivity index (χ1v) is 9.39. The number of rotatable bonds is 6. The zero-order valence-corrected chi connectivity index (χ0v) is 15.4. The second kappa shape index (κ2) is 8.56. The van der Waals surface area contributed by atoms with Crippen molar-refractivity contribution in [3.8, 4) is 17.6 Å². The van der Waals surface area contributed by atoms with Gasteiger partial charge in [-0.1, -0.05) is 11.8 Å². The van der Waals surface area contributed by atoms with E-state index in [0.29, 0.717) is 12.4 Å². The Morgan fingerprint density at radius 3 is 2.24 bits per heavy atom. The molecule has 0 radical (unpaired) electrons. The van der Waals surface area contributed by atoms with Crippen molar-refractivity contribution < 1.29 is 13.2 Å². The van der Waals surface area contributed by atoms with Gasteiger partial charge in [0, 0.05) is 25.3 Å². The highest BCUT2D eigenvalue weighted by Gasteiger charge is 2.12. The molecule has 0 saturated carbocycles. The number of nitrogens with zero attached hydrogens (tertiary/aromatic N) is 1. The SMILES string of the molecule is CCOc1ccc(S(=O)(=O)NCC#Cc2ccc(N(C)C)cc2)cc1. The summed E-state index contributed by atoms with van der Waals surface area (Å²) in [5.41, 5.74) is 1.92. The Morgan fingerprint density at radius 1 is 1.04 bits per heavy atom. The minimum absolute atomic E-state index is 0.0466. The lowest BCUT2D eigenvalue weighted by Crippen LogP contribution is -2.23. The summed E-state index contributed by atoms with van der Waals surface area (Å²) < 4.78 is 32.2. The van der Waals surface area contributed by atoms with E-state index in [0.717, 1.165) is 11.3 Å². The summed E-state index contributed by atoms with van der Waals surface area (Å²) in [4.78, 5) is 2.19. The van der Waals surface area contributed by atoms with Crippen molar-refractivity contribution in [3.63, 3.8) is 0 Å². The molecule has 5 nitrogen and oxygen atoms in total. The number of ether oxygens (including phenoxy) is 1. The van der Waals surface area contributed by atoms with Crippen LogP contribution >= 0.6 is 0 Å².